The summed E-state index contributed by atoms with van der Waals surface area (Å²) in [7, 11) is 0. The third-order valence-corrected chi connectivity index (χ3v) is 2.33. The molecular weight excluding hydrogens is 174 g/mol. The van der Waals surface area contributed by atoms with Crippen LogP contribution in [0.25, 0.3) is 5.69 Å². The fourth-order valence-electron chi connectivity index (χ4n) is 1.43. The summed E-state index contributed by atoms with van der Waals surface area (Å²) in [5.74, 6) is 0. The van der Waals surface area contributed by atoms with Crippen molar-refractivity contribution in [3.05, 3.63) is 41.7 Å². The Kier molecular flexibility index (Phi) is 2.00. The van der Waals surface area contributed by atoms with E-state index in [4.69, 9.17) is 5.73 Å². The van der Waals surface area contributed by atoms with Crippen molar-refractivity contribution in [2.75, 3.05) is 5.73 Å². The standard InChI is InChI=1S/C11H13N3/c1-8-7-10(3-4-11(8)12)14-9(2)5-6-13-14/h3-7H,12H2,1-2H3. The van der Waals surface area contributed by atoms with Crippen LogP contribution in [0.1, 0.15) is 11.3 Å². The molecule has 0 aliphatic heterocycles. The normalized spacial score (nSPS) is 10.4. The highest BCUT2D eigenvalue weighted by molar-refractivity contribution is 5.51. The lowest BCUT2D eigenvalue weighted by Crippen LogP contribution is -2.00. The first-order valence-corrected chi connectivity index (χ1v) is 4.55. The van der Waals surface area contributed by atoms with E-state index in [-0.39, 0.29) is 0 Å². The number of nitrogens with zero attached hydrogens (tertiary/aromatic N) is 2. The number of nitrogens with two attached hydrogens (primary N) is 1. The van der Waals surface area contributed by atoms with Crippen molar-refractivity contribution >= 4 is 5.69 Å². The average molecular weight is 187 g/mol. The Labute approximate surface area is 83.2 Å². The molecule has 1 heterocycles. The van der Waals surface area contributed by atoms with Crippen molar-refractivity contribution in [3.63, 3.8) is 0 Å². The summed E-state index contributed by atoms with van der Waals surface area (Å²) in [5, 5.41) is 4.23. The van der Waals surface area contributed by atoms with E-state index < -0.39 is 0 Å². The van der Waals surface area contributed by atoms with E-state index in [1.165, 1.54) is 0 Å². The summed E-state index contributed by atoms with van der Waals surface area (Å²) in [6.45, 7) is 4.02. The lowest BCUT2D eigenvalue weighted by Gasteiger charge is -2.06. The Morgan fingerprint density at radius 3 is 2.57 bits per heavy atom. The third-order valence-electron chi connectivity index (χ3n) is 2.33. The van der Waals surface area contributed by atoms with Crippen molar-refractivity contribution < 1.29 is 0 Å². The molecule has 2 aromatic rings. The van der Waals surface area contributed by atoms with Crippen LogP contribution in [-0.4, -0.2) is 9.78 Å². The van der Waals surface area contributed by atoms with Crippen LogP contribution in [0.5, 0.6) is 0 Å². The molecule has 3 nitrogen and oxygen atoms in total. The molecule has 0 aliphatic carbocycles. The highest BCUT2D eigenvalue weighted by Gasteiger charge is 2.01. The molecule has 1 aromatic heterocycles. The third kappa shape index (κ3) is 1.37. The van der Waals surface area contributed by atoms with Gasteiger partial charge < -0.3 is 5.73 Å². The van der Waals surface area contributed by atoms with Gasteiger partial charge in [0.05, 0.1) is 5.69 Å². The number of hydrogen-bond donors (Lipinski definition) is 1. The van der Waals surface area contributed by atoms with E-state index in [0.717, 1.165) is 22.6 Å². The summed E-state index contributed by atoms with van der Waals surface area (Å²) >= 11 is 0. The number of rotatable bonds is 1. The van der Waals surface area contributed by atoms with Crippen molar-refractivity contribution in [2.24, 2.45) is 0 Å². The summed E-state index contributed by atoms with van der Waals surface area (Å²) in [5.41, 5.74) is 9.82. The molecule has 72 valence electrons. The van der Waals surface area contributed by atoms with Crippen molar-refractivity contribution in [1.29, 1.82) is 0 Å². The fourth-order valence-corrected chi connectivity index (χ4v) is 1.43. The molecular formula is C11H13N3. The van der Waals surface area contributed by atoms with Gasteiger partial charge in [-0.05, 0) is 43.7 Å². The Morgan fingerprint density at radius 1 is 1.21 bits per heavy atom. The molecule has 0 bridgehead atoms. The molecule has 0 aliphatic rings. The van der Waals surface area contributed by atoms with Gasteiger partial charge in [-0.15, -0.1) is 0 Å². The van der Waals surface area contributed by atoms with Crippen LogP contribution in [0.4, 0.5) is 5.69 Å². The Morgan fingerprint density at radius 2 is 2.00 bits per heavy atom. The molecule has 0 unspecified atom stereocenters. The second-order valence-corrected chi connectivity index (χ2v) is 3.43. The maximum atomic E-state index is 5.75. The van der Waals surface area contributed by atoms with Crippen LogP contribution in [0, 0.1) is 13.8 Å². The molecule has 0 radical (unpaired) electrons. The van der Waals surface area contributed by atoms with Crippen LogP contribution in [0.3, 0.4) is 0 Å². The van der Waals surface area contributed by atoms with Crippen molar-refractivity contribution in [3.8, 4) is 5.69 Å². The highest BCUT2D eigenvalue weighted by Crippen LogP contribution is 2.16. The number of anilines is 1. The van der Waals surface area contributed by atoms with E-state index in [1.807, 2.05) is 42.8 Å². The van der Waals surface area contributed by atoms with Gasteiger partial charge in [0.25, 0.3) is 0 Å². The van der Waals surface area contributed by atoms with Crippen molar-refractivity contribution in [1.82, 2.24) is 9.78 Å². The van der Waals surface area contributed by atoms with Gasteiger partial charge in [-0.2, -0.15) is 5.10 Å². The number of aryl methyl sites for hydroxylation is 2. The first kappa shape index (κ1) is 8.81. The second-order valence-electron chi connectivity index (χ2n) is 3.43. The molecule has 0 spiro atoms. The molecule has 2 rings (SSSR count). The van der Waals surface area contributed by atoms with E-state index in [9.17, 15) is 0 Å². The SMILES string of the molecule is Cc1cc(-n2nccc2C)ccc1N. The van der Waals surface area contributed by atoms with Gasteiger partial charge in [-0.1, -0.05) is 0 Å². The number of benzene rings is 1. The summed E-state index contributed by atoms with van der Waals surface area (Å²) in [6.07, 6.45) is 1.79. The minimum atomic E-state index is 0.818. The predicted molar refractivity (Wildman–Crippen MR) is 57.5 cm³/mol. The fraction of sp³-hybridized carbons (Fsp3) is 0.182. The van der Waals surface area contributed by atoms with E-state index >= 15 is 0 Å². The van der Waals surface area contributed by atoms with Crippen LogP contribution in [-0.2, 0) is 0 Å². The van der Waals surface area contributed by atoms with Gasteiger partial charge in [0, 0.05) is 17.6 Å². The maximum Gasteiger partial charge on any atom is 0.0652 e. The molecule has 0 saturated carbocycles. The second kappa shape index (κ2) is 3.18. The van der Waals surface area contributed by atoms with Crippen molar-refractivity contribution in [2.45, 2.75) is 13.8 Å². The summed E-state index contributed by atoms with van der Waals surface area (Å²) < 4.78 is 1.90. The Balaban J connectivity index is 2.53. The minimum Gasteiger partial charge on any atom is -0.399 e. The van der Waals surface area contributed by atoms with Gasteiger partial charge in [-0.25, -0.2) is 4.68 Å². The predicted octanol–water partition coefficient (Wildman–Crippen LogP) is 2.07. The Hall–Kier alpha value is -1.77. The van der Waals surface area contributed by atoms with Gasteiger partial charge >= 0.3 is 0 Å². The maximum absolute atomic E-state index is 5.75. The number of nitrogen functional groups attached to an aromatic ring is 1. The zero-order valence-corrected chi connectivity index (χ0v) is 8.36. The summed E-state index contributed by atoms with van der Waals surface area (Å²) in [6, 6.07) is 7.90. The van der Waals surface area contributed by atoms with Crippen LogP contribution in [0.2, 0.25) is 0 Å². The average Bonchev–Trinajstić information content (AvgIpc) is 2.57. The minimum absolute atomic E-state index is 0.818. The number of aromatic nitrogens is 2. The monoisotopic (exact) mass is 187 g/mol. The largest absolute Gasteiger partial charge is 0.399 e. The molecule has 0 saturated heterocycles. The van der Waals surface area contributed by atoms with Gasteiger partial charge in [0.1, 0.15) is 0 Å². The molecule has 0 atom stereocenters. The lowest BCUT2D eigenvalue weighted by molar-refractivity contribution is 0.846. The zero-order valence-electron chi connectivity index (χ0n) is 8.36. The summed E-state index contributed by atoms with van der Waals surface area (Å²) in [4.78, 5) is 0. The topological polar surface area (TPSA) is 43.8 Å². The van der Waals surface area contributed by atoms with Crippen LogP contribution < -0.4 is 5.73 Å². The first-order valence-electron chi connectivity index (χ1n) is 4.55. The zero-order chi connectivity index (χ0) is 10.1. The first-order chi connectivity index (χ1) is 6.68. The van der Waals surface area contributed by atoms with Gasteiger partial charge in [-0.3, -0.25) is 0 Å². The van der Waals surface area contributed by atoms with E-state index in [2.05, 4.69) is 5.10 Å². The molecule has 2 N–H and O–H groups in total. The molecule has 0 fully saturated rings. The van der Waals surface area contributed by atoms with E-state index in [0.29, 0.717) is 0 Å². The molecule has 3 heteroatoms. The number of hydrogen-bond acceptors (Lipinski definition) is 2. The Bertz CT molecular complexity index is 457. The van der Waals surface area contributed by atoms with Gasteiger partial charge in [0.15, 0.2) is 0 Å². The lowest BCUT2D eigenvalue weighted by atomic mass is 10.2. The molecule has 1 aromatic carbocycles. The quantitative estimate of drug-likeness (QED) is 0.694. The van der Waals surface area contributed by atoms with Gasteiger partial charge in [0.2, 0.25) is 0 Å². The molecule has 14 heavy (non-hydrogen) atoms. The van der Waals surface area contributed by atoms with Crippen LogP contribution >= 0.6 is 0 Å². The highest BCUT2D eigenvalue weighted by atomic mass is 15.3. The van der Waals surface area contributed by atoms with Crippen LogP contribution in [0.15, 0.2) is 30.5 Å². The molecule has 0 amide bonds. The van der Waals surface area contributed by atoms with E-state index in [1.54, 1.807) is 6.20 Å². The smallest absolute Gasteiger partial charge is 0.0652 e.